The molecule has 0 saturated heterocycles. The molecule has 1 N–H and O–H groups in total. The summed E-state index contributed by atoms with van der Waals surface area (Å²) in [4.78, 5) is 2.82. The smallest absolute Gasteiger partial charge is 0.148 e. The van der Waals surface area contributed by atoms with E-state index in [1.807, 2.05) is 12.1 Å². The lowest BCUT2D eigenvalue weighted by atomic mass is 10.1. The predicted molar refractivity (Wildman–Crippen MR) is 55.3 cm³/mol. The Bertz CT molecular complexity index is 525. The fourth-order valence-electron chi connectivity index (χ4n) is 1.44. The highest BCUT2D eigenvalue weighted by molar-refractivity contribution is 9.10. The van der Waals surface area contributed by atoms with Crippen LogP contribution in [-0.4, -0.2) is 4.98 Å². The number of hydrogen-bond donors (Lipinski definition) is 1. The maximum absolute atomic E-state index is 13.4. The largest absolute Gasteiger partial charge is 0.358 e. The van der Waals surface area contributed by atoms with Gasteiger partial charge in [0, 0.05) is 16.1 Å². The van der Waals surface area contributed by atoms with E-state index in [1.165, 1.54) is 6.07 Å². The highest BCUT2D eigenvalue weighted by Gasteiger charge is 2.08. The minimum Gasteiger partial charge on any atom is -0.358 e. The molecule has 2 nitrogen and oxygen atoms in total. The standard InChI is InChI=1S/C10H6BrFN2/c11-7-3-8-6(1-2-13)5-14-10(8)9(12)4-7/h3-5,14H,1H2. The molecule has 2 rings (SSSR count). The summed E-state index contributed by atoms with van der Waals surface area (Å²) in [5.41, 5.74) is 1.28. The number of rotatable bonds is 1. The molecule has 0 unspecified atom stereocenters. The van der Waals surface area contributed by atoms with Crippen molar-refractivity contribution < 1.29 is 4.39 Å². The van der Waals surface area contributed by atoms with Crippen LogP contribution in [0, 0.1) is 17.1 Å². The third-order valence-corrected chi connectivity index (χ3v) is 2.52. The summed E-state index contributed by atoms with van der Waals surface area (Å²) in [6, 6.07) is 5.25. The normalized spacial score (nSPS) is 10.4. The summed E-state index contributed by atoms with van der Waals surface area (Å²) >= 11 is 3.22. The zero-order chi connectivity index (χ0) is 10.1. The topological polar surface area (TPSA) is 39.6 Å². The van der Waals surface area contributed by atoms with Crippen LogP contribution >= 0.6 is 15.9 Å². The van der Waals surface area contributed by atoms with E-state index in [1.54, 1.807) is 6.20 Å². The van der Waals surface area contributed by atoms with E-state index in [9.17, 15) is 4.39 Å². The van der Waals surface area contributed by atoms with Crippen molar-refractivity contribution in [1.29, 1.82) is 5.26 Å². The van der Waals surface area contributed by atoms with Gasteiger partial charge in [-0.3, -0.25) is 0 Å². The molecule has 0 aliphatic heterocycles. The van der Waals surface area contributed by atoms with E-state index in [0.717, 1.165) is 10.9 Å². The van der Waals surface area contributed by atoms with E-state index in [-0.39, 0.29) is 12.2 Å². The molecule has 0 aliphatic carbocycles. The van der Waals surface area contributed by atoms with Gasteiger partial charge < -0.3 is 4.98 Å². The minimum absolute atomic E-state index is 0.288. The van der Waals surface area contributed by atoms with Crippen LogP contribution in [0.15, 0.2) is 22.8 Å². The van der Waals surface area contributed by atoms with Crippen LogP contribution in [-0.2, 0) is 6.42 Å². The molecule has 0 amide bonds. The molecule has 1 heterocycles. The maximum Gasteiger partial charge on any atom is 0.148 e. The van der Waals surface area contributed by atoms with Crippen LogP contribution in [0.25, 0.3) is 10.9 Å². The van der Waals surface area contributed by atoms with E-state index in [0.29, 0.717) is 9.99 Å². The Morgan fingerprint density at radius 1 is 1.50 bits per heavy atom. The van der Waals surface area contributed by atoms with Crippen molar-refractivity contribution in [2.24, 2.45) is 0 Å². The molecule has 0 bridgehead atoms. The maximum atomic E-state index is 13.4. The van der Waals surface area contributed by atoms with Gasteiger partial charge in [-0.15, -0.1) is 0 Å². The average Bonchev–Trinajstić information content (AvgIpc) is 2.49. The lowest BCUT2D eigenvalue weighted by molar-refractivity contribution is 0.636. The molecular weight excluding hydrogens is 247 g/mol. The second-order valence-corrected chi connectivity index (χ2v) is 3.87. The van der Waals surface area contributed by atoms with Crippen molar-refractivity contribution in [3.05, 3.63) is 34.2 Å². The lowest BCUT2D eigenvalue weighted by Gasteiger charge is -1.96. The first-order chi connectivity index (χ1) is 6.72. The van der Waals surface area contributed by atoms with Gasteiger partial charge in [0.15, 0.2) is 0 Å². The zero-order valence-electron chi connectivity index (χ0n) is 7.14. The molecule has 14 heavy (non-hydrogen) atoms. The molecular formula is C10H6BrFN2. The summed E-state index contributed by atoms with van der Waals surface area (Å²) in [5, 5.41) is 9.33. The van der Waals surface area contributed by atoms with E-state index < -0.39 is 0 Å². The molecule has 0 saturated carbocycles. The number of aromatic amines is 1. The fourth-order valence-corrected chi connectivity index (χ4v) is 1.87. The summed E-state index contributed by atoms with van der Waals surface area (Å²) in [6.45, 7) is 0. The van der Waals surface area contributed by atoms with Gasteiger partial charge in [-0.1, -0.05) is 15.9 Å². The van der Waals surface area contributed by atoms with Gasteiger partial charge in [-0.25, -0.2) is 4.39 Å². The first-order valence-electron chi connectivity index (χ1n) is 4.04. The highest BCUT2D eigenvalue weighted by Crippen LogP contribution is 2.25. The van der Waals surface area contributed by atoms with Crippen molar-refractivity contribution in [1.82, 2.24) is 4.98 Å². The summed E-state index contributed by atoms with van der Waals surface area (Å²) in [5.74, 6) is -0.307. The van der Waals surface area contributed by atoms with Crippen molar-refractivity contribution >= 4 is 26.8 Å². The molecule has 0 atom stereocenters. The Morgan fingerprint density at radius 2 is 2.29 bits per heavy atom. The van der Waals surface area contributed by atoms with Gasteiger partial charge >= 0.3 is 0 Å². The van der Waals surface area contributed by atoms with Crippen LogP contribution in [0.1, 0.15) is 5.56 Å². The Hall–Kier alpha value is -1.34. The fraction of sp³-hybridized carbons (Fsp3) is 0.100. The summed E-state index contributed by atoms with van der Waals surface area (Å²) in [6.07, 6.45) is 1.96. The van der Waals surface area contributed by atoms with Crippen LogP contribution in [0.4, 0.5) is 4.39 Å². The van der Waals surface area contributed by atoms with Crippen molar-refractivity contribution in [3.63, 3.8) is 0 Å². The molecule has 1 aromatic heterocycles. The van der Waals surface area contributed by atoms with Crippen molar-refractivity contribution in [3.8, 4) is 6.07 Å². The minimum atomic E-state index is -0.307. The third kappa shape index (κ3) is 1.40. The first kappa shape index (κ1) is 9.22. The predicted octanol–water partition coefficient (Wildman–Crippen LogP) is 3.14. The van der Waals surface area contributed by atoms with Crippen LogP contribution in [0.3, 0.4) is 0 Å². The second kappa shape index (κ2) is 3.43. The van der Waals surface area contributed by atoms with Crippen molar-refractivity contribution in [2.45, 2.75) is 6.42 Å². The van der Waals surface area contributed by atoms with E-state index >= 15 is 0 Å². The number of nitrogens with zero attached hydrogens (tertiary/aromatic N) is 1. The quantitative estimate of drug-likeness (QED) is 0.833. The molecule has 70 valence electrons. The zero-order valence-corrected chi connectivity index (χ0v) is 8.73. The number of halogens is 2. The number of fused-ring (bicyclic) bond motifs is 1. The van der Waals surface area contributed by atoms with Gasteiger partial charge in [0.25, 0.3) is 0 Å². The first-order valence-corrected chi connectivity index (χ1v) is 4.83. The molecule has 0 spiro atoms. The van der Waals surface area contributed by atoms with Crippen LogP contribution in [0.2, 0.25) is 0 Å². The Balaban J connectivity index is 2.73. The SMILES string of the molecule is N#CCc1c[nH]c2c(F)cc(Br)cc12. The molecule has 0 radical (unpaired) electrons. The number of nitrogens with one attached hydrogen (secondary N) is 1. The summed E-state index contributed by atoms with van der Waals surface area (Å²) in [7, 11) is 0. The number of aromatic nitrogens is 1. The van der Waals surface area contributed by atoms with Gasteiger partial charge in [-0.05, 0) is 17.7 Å². The molecule has 1 aromatic carbocycles. The molecule has 0 fully saturated rings. The van der Waals surface area contributed by atoms with Crippen LogP contribution < -0.4 is 0 Å². The Kier molecular flexibility index (Phi) is 2.26. The number of hydrogen-bond acceptors (Lipinski definition) is 1. The number of benzene rings is 1. The average molecular weight is 253 g/mol. The Labute approximate surface area is 88.5 Å². The van der Waals surface area contributed by atoms with Gasteiger partial charge in [-0.2, -0.15) is 5.26 Å². The van der Waals surface area contributed by atoms with E-state index in [2.05, 4.69) is 20.9 Å². The monoisotopic (exact) mass is 252 g/mol. The molecule has 0 aliphatic rings. The second-order valence-electron chi connectivity index (χ2n) is 2.96. The van der Waals surface area contributed by atoms with E-state index in [4.69, 9.17) is 5.26 Å². The van der Waals surface area contributed by atoms with Gasteiger partial charge in [0.05, 0.1) is 18.0 Å². The van der Waals surface area contributed by atoms with Gasteiger partial charge in [0.1, 0.15) is 5.82 Å². The third-order valence-electron chi connectivity index (χ3n) is 2.06. The summed E-state index contributed by atoms with van der Waals surface area (Å²) < 4.78 is 14.0. The molecule has 2 aromatic rings. The molecule has 4 heteroatoms. The number of H-pyrrole nitrogens is 1. The lowest BCUT2D eigenvalue weighted by Crippen LogP contribution is -1.80. The van der Waals surface area contributed by atoms with Crippen LogP contribution in [0.5, 0.6) is 0 Å². The van der Waals surface area contributed by atoms with Gasteiger partial charge in [0.2, 0.25) is 0 Å². The Morgan fingerprint density at radius 3 is 3.00 bits per heavy atom. The van der Waals surface area contributed by atoms with Crippen molar-refractivity contribution in [2.75, 3.05) is 0 Å². The highest BCUT2D eigenvalue weighted by atomic mass is 79.9. The number of nitriles is 1.